The van der Waals surface area contributed by atoms with Crippen LogP contribution in [-0.2, 0) is 6.54 Å². The largest absolute Gasteiger partial charge is 0.298 e. The second-order valence-corrected chi connectivity index (χ2v) is 5.08. The van der Waals surface area contributed by atoms with Gasteiger partial charge in [0, 0.05) is 31.5 Å². The third-order valence-electron chi connectivity index (χ3n) is 3.43. The van der Waals surface area contributed by atoms with Crippen molar-refractivity contribution in [2.75, 3.05) is 13.1 Å². The lowest BCUT2D eigenvalue weighted by atomic mass is 9.89. The van der Waals surface area contributed by atoms with Crippen LogP contribution < -0.4 is 0 Å². The lowest BCUT2D eigenvalue weighted by Gasteiger charge is -2.37. The van der Waals surface area contributed by atoms with Crippen molar-refractivity contribution in [1.82, 2.24) is 4.90 Å². The highest BCUT2D eigenvalue weighted by Crippen LogP contribution is 2.25. The summed E-state index contributed by atoms with van der Waals surface area (Å²) in [7, 11) is 0. The van der Waals surface area contributed by atoms with E-state index in [1.165, 1.54) is 5.56 Å². The van der Waals surface area contributed by atoms with Gasteiger partial charge in [0.25, 0.3) is 0 Å². The minimum Gasteiger partial charge on any atom is -0.298 e. The van der Waals surface area contributed by atoms with Gasteiger partial charge in [-0.3, -0.25) is 4.90 Å². The summed E-state index contributed by atoms with van der Waals surface area (Å²) in [5, 5.41) is 0. The Kier molecular flexibility index (Phi) is 3.59. The quantitative estimate of drug-likeness (QED) is 0.741. The zero-order chi connectivity index (χ0) is 11.5. The van der Waals surface area contributed by atoms with Crippen molar-refractivity contribution in [1.29, 1.82) is 0 Å². The Morgan fingerprint density at radius 2 is 1.69 bits per heavy atom. The fourth-order valence-electron chi connectivity index (χ4n) is 2.62. The molecule has 2 heteroatoms. The maximum atomic E-state index is 13.7. The van der Waals surface area contributed by atoms with E-state index in [0.717, 1.165) is 19.6 Å². The number of nitrogens with zero attached hydrogens (tertiary/aromatic N) is 1. The van der Waals surface area contributed by atoms with E-state index in [4.69, 9.17) is 0 Å². The molecule has 1 heterocycles. The maximum absolute atomic E-state index is 13.7. The average molecular weight is 221 g/mol. The van der Waals surface area contributed by atoms with Crippen LogP contribution >= 0.6 is 0 Å². The highest BCUT2D eigenvalue weighted by Gasteiger charge is 2.31. The van der Waals surface area contributed by atoms with Crippen LogP contribution in [0.3, 0.4) is 0 Å². The van der Waals surface area contributed by atoms with E-state index in [0.29, 0.717) is 0 Å². The molecular weight excluding hydrogens is 201 g/mol. The summed E-state index contributed by atoms with van der Waals surface area (Å²) < 4.78 is 13.7. The van der Waals surface area contributed by atoms with Crippen LogP contribution in [0.5, 0.6) is 0 Å². The van der Waals surface area contributed by atoms with Crippen molar-refractivity contribution in [3.05, 3.63) is 35.9 Å². The number of hydrogen-bond acceptors (Lipinski definition) is 1. The highest BCUT2D eigenvalue weighted by atomic mass is 19.1. The van der Waals surface area contributed by atoms with E-state index in [2.05, 4.69) is 29.2 Å². The first-order valence-electron chi connectivity index (χ1n) is 6.07. The number of alkyl halides is 1. The minimum absolute atomic E-state index is 0.160. The van der Waals surface area contributed by atoms with Gasteiger partial charge in [-0.05, 0) is 5.56 Å². The van der Waals surface area contributed by atoms with E-state index in [1.807, 2.05) is 19.9 Å². The van der Waals surface area contributed by atoms with Gasteiger partial charge in [-0.2, -0.15) is 0 Å². The van der Waals surface area contributed by atoms with Crippen LogP contribution in [0.1, 0.15) is 19.4 Å². The molecule has 1 aromatic carbocycles. The Labute approximate surface area is 97.3 Å². The predicted molar refractivity (Wildman–Crippen MR) is 64.9 cm³/mol. The van der Waals surface area contributed by atoms with Gasteiger partial charge >= 0.3 is 0 Å². The van der Waals surface area contributed by atoms with Crippen molar-refractivity contribution in [2.45, 2.75) is 26.6 Å². The number of benzene rings is 1. The standard InChI is InChI=1S/C14H20FN/c1-11-8-16(9-12(2)14(11)15)10-13-6-4-3-5-7-13/h3-7,11-12,14H,8-10H2,1-2H3. The predicted octanol–water partition coefficient (Wildman–Crippen LogP) is 3.11. The molecule has 16 heavy (non-hydrogen) atoms. The molecule has 0 amide bonds. The van der Waals surface area contributed by atoms with Crippen molar-refractivity contribution in [3.63, 3.8) is 0 Å². The molecule has 1 aromatic rings. The zero-order valence-corrected chi connectivity index (χ0v) is 10.1. The average Bonchev–Trinajstić information content (AvgIpc) is 2.27. The Balaban J connectivity index is 1.97. The third-order valence-corrected chi connectivity index (χ3v) is 3.43. The first kappa shape index (κ1) is 11.6. The highest BCUT2D eigenvalue weighted by molar-refractivity contribution is 5.14. The second-order valence-electron chi connectivity index (χ2n) is 5.08. The summed E-state index contributed by atoms with van der Waals surface area (Å²) in [5.41, 5.74) is 1.32. The van der Waals surface area contributed by atoms with Gasteiger partial charge in [0.05, 0.1) is 0 Å². The van der Waals surface area contributed by atoms with Crippen LogP contribution in [0.4, 0.5) is 4.39 Å². The van der Waals surface area contributed by atoms with Crippen molar-refractivity contribution >= 4 is 0 Å². The maximum Gasteiger partial charge on any atom is 0.108 e. The molecule has 1 aliphatic rings. The fourth-order valence-corrected chi connectivity index (χ4v) is 2.62. The Morgan fingerprint density at radius 3 is 2.25 bits per heavy atom. The molecule has 2 atom stereocenters. The Hall–Kier alpha value is -0.890. The molecule has 1 saturated heterocycles. The Bertz CT molecular complexity index is 313. The van der Waals surface area contributed by atoms with Gasteiger partial charge in [-0.15, -0.1) is 0 Å². The number of halogens is 1. The van der Waals surface area contributed by atoms with Gasteiger partial charge in [-0.25, -0.2) is 4.39 Å². The monoisotopic (exact) mass is 221 g/mol. The minimum atomic E-state index is -0.632. The molecule has 0 spiro atoms. The van der Waals surface area contributed by atoms with Crippen LogP contribution in [0.2, 0.25) is 0 Å². The zero-order valence-electron chi connectivity index (χ0n) is 10.1. The SMILES string of the molecule is CC1CN(Cc2ccccc2)CC(C)C1F. The Morgan fingerprint density at radius 1 is 1.12 bits per heavy atom. The summed E-state index contributed by atoms with van der Waals surface area (Å²) in [4.78, 5) is 2.36. The molecule has 1 fully saturated rings. The normalized spacial score (nSPS) is 31.6. The molecule has 2 unspecified atom stereocenters. The van der Waals surface area contributed by atoms with Gasteiger partial charge in [-0.1, -0.05) is 44.2 Å². The van der Waals surface area contributed by atoms with Crippen LogP contribution in [0.25, 0.3) is 0 Å². The van der Waals surface area contributed by atoms with Crippen LogP contribution in [0.15, 0.2) is 30.3 Å². The van der Waals surface area contributed by atoms with Crippen LogP contribution in [0, 0.1) is 11.8 Å². The smallest absolute Gasteiger partial charge is 0.108 e. The summed E-state index contributed by atoms with van der Waals surface area (Å²) in [5.74, 6) is 0.319. The lowest BCUT2D eigenvalue weighted by Crippen LogP contribution is -2.45. The topological polar surface area (TPSA) is 3.24 Å². The van der Waals surface area contributed by atoms with Gasteiger partial charge in [0.2, 0.25) is 0 Å². The van der Waals surface area contributed by atoms with E-state index in [9.17, 15) is 4.39 Å². The molecule has 0 N–H and O–H groups in total. The van der Waals surface area contributed by atoms with E-state index < -0.39 is 6.17 Å². The molecule has 1 aliphatic heterocycles. The van der Waals surface area contributed by atoms with Gasteiger partial charge in [0.15, 0.2) is 0 Å². The summed E-state index contributed by atoms with van der Waals surface area (Å²) >= 11 is 0. The lowest BCUT2D eigenvalue weighted by molar-refractivity contribution is 0.0456. The summed E-state index contributed by atoms with van der Waals surface area (Å²) in [6, 6.07) is 10.4. The molecule has 2 rings (SSSR count). The van der Waals surface area contributed by atoms with Crippen LogP contribution in [-0.4, -0.2) is 24.2 Å². The molecule has 0 bridgehead atoms. The molecule has 0 saturated carbocycles. The third kappa shape index (κ3) is 2.62. The van der Waals surface area contributed by atoms with E-state index >= 15 is 0 Å². The second kappa shape index (κ2) is 4.96. The van der Waals surface area contributed by atoms with Gasteiger partial charge < -0.3 is 0 Å². The molecule has 0 aromatic heterocycles. The molecule has 1 nitrogen and oxygen atoms in total. The first-order valence-corrected chi connectivity index (χ1v) is 6.07. The fraction of sp³-hybridized carbons (Fsp3) is 0.571. The molecule has 88 valence electrons. The van der Waals surface area contributed by atoms with E-state index in [-0.39, 0.29) is 11.8 Å². The first-order chi connectivity index (χ1) is 7.66. The number of piperidine rings is 1. The molecular formula is C14H20FN. The number of rotatable bonds is 2. The summed E-state index contributed by atoms with van der Waals surface area (Å²) in [6.45, 7) is 6.72. The summed E-state index contributed by atoms with van der Waals surface area (Å²) in [6.07, 6.45) is -0.632. The number of hydrogen-bond donors (Lipinski definition) is 0. The molecule has 0 aliphatic carbocycles. The van der Waals surface area contributed by atoms with Crippen molar-refractivity contribution < 1.29 is 4.39 Å². The number of likely N-dealkylation sites (tertiary alicyclic amines) is 1. The molecule has 0 radical (unpaired) electrons. The van der Waals surface area contributed by atoms with Crippen molar-refractivity contribution in [3.8, 4) is 0 Å². The van der Waals surface area contributed by atoms with Crippen molar-refractivity contribution in [2.24, 2.45) is 11.8 Å². The van der Waals surface area contributed by atoms with E-state index in [1.54, 1.807) is 0 Å². The van der Waals surface area contributed by atoms with Gasteiger partial charge in [0.1, 0.15) is 6.17 Å².